The number of aromatic nitrogens is 4. The second kappa shape index (κ2) is 6.93. The van der Waals surface area contributed by atoms with Crippen molar-refractivity contribution in [3.63, 3.8) is 0 Å². The number of halogens is 1. The monoisotopic (exact) mass is 304 g/mol. The van der Waals surface area contributed by atoms with Crippen molar-refractivity contribution in [2.45, 2.75) is 32.0 Å². The van der Waals surface area contributed by atoms with E-state index in [1.54, 1.807) is 16.9 Å². The molecule has 6 nitrogen and oxygen atoms in total. The number of nitrogens with one attached hydrogen (secondary N) is 1. The van der Waals surface area contributed by atoms with E-state index in [-0.39, 0.29) is 5.82 Å². The minimum absolute atomic E-state index is 0.316. The van der Waals surface area contributed by atoms with E-state index in [1.807, 2.05) is 6.20 Å². The quantitative estimate of drug-likeness (QED) is 0.894. The maximum Gasteiger partial charge on any atom is 0.146 e. The average Bonchev–Trinajstić information content (AvgIpc) is 2.97. The van der Waals surface area contributed by atoms with E-state index in [2.05, 4.69) is 32.6 Å². The van der Waals surface area contributed by atoms with Crippen LogP contribution in [0.2, 0.25) is 0 Å². The van der Waals surface area contributed by atoms with Gasteiger partial charge in [-0.15, -0.1) is 5.10 Å². The van der Waals surface area contributed by atoms with E-state index < -0.39 is 0 Å². The van der Waals surface area contributed by atoms with E-state index >= 15 is 0 Å². The van der Waals surface area contributed by atoms with Crippen molar-refractivity contribution in [2.24, 2.45) is 0 Å². The molecule has 0 radical (unpaired) electrons. The Bertz CT molecular complexity index is 606. The largest absolute Gasteiger partial charge is 0.308 e. The fourth-order valence-electron chi connectivity index (χ4n) is 2.67. The zero-order valence-electron chi connectivity index (χ0n) is 12.7. The van der Waals surface area contributed by atoms with Crippen molar-refractivity contribution in [3.8, 4) is 0 Å². The fraction of sp³-hybridized carbons (Fsp3) is 0.533. The van der Waals surface area contributed by atoms with Gasteiger partial charge >= 0.3 is 0 Å². The number of rotatable bonds is 5. The molecule has 1 aliphatic heterocycles. The summed E-state index contributed by atoms with van der Waals surface area (Å²) in [4.78, 5) is 6.09. The van der Waals surface area contributed by atoms with E-state index in [0.717, 1.165) is 31.6 Å². The molecular formula is C15H21FN6. The van der Waals surface area contributed by atoms with Crippen LogP contribution in [0.5, 0.6) is 0 Å². The van der Waals surface area contributed by atoms with Crippen LogP contribution in [-0.4, -0.2) is 51.1 Å². The third kappa shape index (κ3) is 3.86. The van der Waals surface area contributed by atoms with Crippen LogP contribution in [-0.2, 0) is 13.1 Å². The predicted octanol–water partition coefficient (Wildman–Crippen LogP) is 1.04. The first kappa shape index (κ1) is 15.1. The lowest BCUT2D eigenvalue weighted by molar-refractivity contribution is 0.233. The van der Waals surface area contributed by atoms with Crippen LogP contribution in [0.15, 0.2) is 24.7 Å². The van der Waals surface area contributed by atoms with E-state index in [0.29, 0.717) is 24.7 Å². The van der Waals surface area contributed by atoms with Gasteiger partial charge in [0, 0.05) is 24.3 Å². The predicted molar refractivity (Wildman–Crippen MR) is 80.7 cm³/mol. The summed E-state index contributed by atoms with van der Waals surface area (Å²) in [5.74, 6) is -0.316. The normalized spacial score (nSPS) is 17.0. The van der Waals surface area contributed by atoms with Gasteiger partial charge in [-0.05, 0) is 39.0 Å². The highest BCUT2D eigenvalue weighted by molar-refractivity contribution is 5.12. The lowest BCUT2D eigenvalue weighted by atomic mass is 10.1. The minimum Gasteiger partial charge on any atom is -0.308 e. The van der Waals surface area contributed by atoms with Crippen molar-refractivity contribution in [3.05, 3.63) is 41.7 Å². The Hall–Kier alpha value is -1.86. The summed E-state index contributed by atoms with van der Waals surface area (Å²) >= 11 is 0. The molecule has 7 heteroatoms. The zero-order chi connectivity index (χ0) is 15.4. The smallest absolute Gasteiger partial charge is 0.146 e. The summed E-state index contributed by atoms with van der Waals surface area (Å²) in [7, 11) is 2.15. The number of hydrogen-bond donors (Lipinski definition) is 1. The number of likely N-dealkylation sites (tertiary alicyclic amines) is 1. The Balaban J connectivity index is 1.52. The number of nitrogens with zero attached hydrogens (tertiary/aromatic N) is 5. The van der Waals surface area contributed by atoms with Gasteiger partial charge in [0.15, 0.2) is 0 Å². The molecule has 0 saturated carbocycles. The first-order chi connectivity index (χ1) is 10.7. The lowest BCUT2D eigenvalue weighted by Gasteiger charge is -2.29. The highest BCUT2D eigenvalue weighted by Gasteiger charge is 2.16. The second-order valence-electron chi connectivity index (χ2n) is 5.83. The van der Waals surface area contributed by atoms with Crippen LogP contribution in [0.4, 0.5) is 4.39 Å². The van der Waals surface area contributed by atoms with Gasteiger partial charge in [0.1, 0.15) is 5.82 Å². The van der Waals surface area contributed by atoms with E-state index in [1.165, 1.54) is 6.20 Å². The Labute approximate surface area is 129 Å². The van der Waals surface area contributed by atoms with Gasteiger partial charge in [-0.1, -0.05) is 5.21 Å². The summed E-state index contributed by atoms with van der Waals surface area (Å²) in [6.45, 7) is 3.33. The molecule has 1 aliphatic rings. The first-order valence-electron chi connectivity index (χ1n) is 7.60. The second-order valence-corrected chi connectivity index (χ2v) is 5.83. The summed E-state index contributed by atoms with van der Waals surface area (Å²) in [6, 6.07) is 2.20. The van der Waals surface area contributed by atoms with Gasteiger partial charge in [-0.25, -0.2) is 9.07 Å². The molecule has 3 rings (SSSR count). The first-order valence-corrected chi connectivity index (χ1v) is 7.60. The highest BCUT2D eigenvalue weighted by Crippen LogP contribution is 2.09. The standard InChI is InChI=1S/C15H21FN6/c1-21-6-3-13(4-7-21)18-8-14-11-22(20-19-14)10-12-2-5-17-9-15(12)16/h2,5,9,11,13,18H,3-4,6-8,10H2,1H3. The van der Waals surface area contributed by atoms with Gasteiger partial charge < -0.3 is 10.2 Å². The fourth-order valence-corrected chi connectivity index (χ4v) is 2.67. The van der Waals surface area contributed by atoms with Crippen LogP contribution in [0.1, 0.15) is 24.1 Å². The summed E-state index contributed by atoms with van der Waals surface area (Å²) in [5, 5.41) is 11.7. The van der Waals surface area contributed by atoms with E-state index in [9.17, 15) is 4.39 Å². The van der Waals surface area contributed by atoms with Gasteiger partial charge in [-0.3, -0.25) is 4.98 Å². The number of piperidine rings is 1. The molecular weight excluding hydrogens is 283 g/mol. The topological polar surface area (TPSA) is 58.9 Å². The molecule has 118 valence electrons. The average molecular weight is 304 g/mol. The number of hydrogen-bond acceptors (Lipinski definition) is 5. The third-order valence-electron chi connectivity index (χ3n) is 4.07. The van der Waals surface area contributed by atoms with Crippen LogP contribution in [0.25, 0.3) is 0 Å². The van der Waals surface area contributed by atoms with Crippen LogP contribution < -0.4 is 5.32 Å². The highest BCUT2D eigenvalue weighted by atomic mass is 19.1. The maximum absolute atomic E-state index is 13.6. The third-order valence-corrected chi connectivity index (χ3v) is 4.07. The Morgan fingerprint density at radius 3 is 2.95 bits per heavy atom. The van der Waals surface area contributed by atoms with Gasteiger partial charge in [-0.2, -0.15) is 0 Å². The number of pyridine rings is 1. The molecule has 1 saturated heterocycles. The Morgan fingerprint density at radius 1 is 1.36 bits per heavy atom. The molecule has 1 fully saturated rings. The van der Waals surface area contributed by atoms with Crippen molar-refractivity contribution >= 4 is 0 Å². The van der Waals surface area contributed by atoms with Crippen LogP contribution in [0, 0.1) is 5.82 Å². The molecule has 2 aromatic rings. The molecule has 0 aromatic carbocycles. The van der Waals surface area contributed by atoms with Crippen molar-refractivity contribution in [1.82, 2.24) is 30.2 Å². The Kier molecular flexibility index (Phi) is 4.74. The molecule has 2 aromatic heterocycles. The molecule has 22 heavy (non-hydrogen) atoms. The van der Waals surface area contributed by atoms with Gasteiger partial charge in [0.2, 0.25) is 0 Å². The Morgan fingerprint density at radius 2 is 2.18 bits per heavy atom. The summed E-state index contributed by atoms with van der Waals surface area (Å²) < 4.78 is 15.2. The lowest BCUT2D eigenvalue weighted by Crippen LogP contribution is -2.40. The van der Waals surface area contributed by atoms with Crippen LogP contribution in [0.3, 0.4) is 0 Å². The molecule has 3 heterocycles. The van der Waals surface area contributed by atoms with Gasteiger partial charge in [0.05, 0.1) is 24.6 Å². The molecule has 0 atom stereocenters. The minimum atomic E-state index is -0.316. The van der Waals surface area contributed by atoms with Gasteiger partial charge in [0.25, 0.3) is 0 Å². The molecule has 0 amide bonds. The molecule has 1 N–H and O–H groups in total. The van der Waals surface area contributed by atoms with Crippen LogP contribution >= 0.6 is 0 Å². The molecule has 0 spiro atoms. The molecule has 0 aliphatic carbocycles. The van der Waals surface area contributed by atoms with E-state index in [4.69, 9.17) is 0 Å². The zero-order valence-corrected chi connectivity index (χ0v) is 12.7. The van der Waals surface area contributed by atoms with Crippen molar-refractivity contribution < 1.29 is 4.39 Å². The summed E-state index contributed by atoms with van der Waals surface area (Å²) in [6.07, 6.45) is 6.98. The SMILES string of the molecule is CN1CCC(NCc2cn(Cc3ccncc3F)nn2)CC1. The maximum atomic E-state index is 13.6. The molecule has 0 unspecified atom stereocenters. The van der Waals surface area contributed by atoms with Crippen molar-refractivity contribution in [2.75, 3.05) is 20.1 Å². The summed E-state index contributed by atoms with van der Waals surface area (Å²) in [5.41, 5.74) is 1.45. The molecule has 0 bridgehead atoms. The van der Waals surface area contributed by atoms with Crippen molar-refractivity contribution in [1.29, 1.82) is 0 Å².